The van der Waals surface area contributed by atoms with Crippen LogP contribution in [0.2, 0.25) is 26.6 Å². The number of hydrogen-bond donors (Lipinski definition) is 0. The monoisotopic (exact) mass is 889 g/mol. The molecule has 1 heterocycles. The Hall–Kier alpha value is -0.00260. The first-order valence-corrected chi connectivity index (χ1v) is 33.1. The molecular weight excluding hydrogens is 827 g/mol. The van der Waals surface area contributed by atoms with Crippen molar-refractivity contribution in [2.45, 2.75) is 171 Å². The van der Waals surface area contributed by atoms with Crippen molar-refractivity contribution in [3.63, 3.8) is 0 Å². The molecular formula is C34H61Cl2NO6Sn2. The van der Waals surface area contributed by atoms with Gasteiger partial charge in [-0.15, -0.1) is 0 Å². The summed E-state index contributed by atoms with van der Waals surface area (Å²) in [5, 5.41) is -0.753. The van der Waals surface area contributed by atoms with Gasteiger partial charge in [0, 0.05) is 0 Å². The van der Waals surface area contributed by atoms with E-state index in [4.69, 9.17) is 29.4 Å². The molecule has 11 heteroatoms. The van der Waals surface area contributed by atoms with Crippen LogP contribution in [0.3, 0.4) is 0 Å². The van der Waals surface area contributed by atoms with Gasteiger partial charge < -0.3 is 0 Å². The summed E-state index contributed by atoms with van der Waals surface area (Å²) in [5.41, 5.74) is 0. The number of nitrogens with zero attached hydrogens (tertiary/aromatic N) is 1. The molecule has 0 aromatic carbocycles. The van der Waals surface area contributed by atoms with Crippen LogP contribution in [-0.2, 0) is 25.3 Å². The zero-order valence-corrected chi connectivity index (χ0v) is 36.3. The summed E-state index contributed by atoms with van der Waals surface area (Å²) in [7, 11) is 0. The molecule has 1 atom stereocenters. The van der Waals surface area contributed by atoms with Crippen LogP contribution >= 0.6 is 23.2 Å². The molecule has 1 aliphatic heterocycles. The van der Waals surface area contributed by atoms with Gasteiger partial charge in [0.15, 0.2) is 0 Å². The van der Waals surface area contributed by atoms with Crippen LogP contribution in [-0.4, -0.2) is 72.3 Å². The Bertz CT molecular complexity index is 909. The van der Waals surface area contributed by atoms with Crippen molar-refractivity contribution in [1.29, 1.82) is 0 Å². The second-order valence-corrected chi connectivity index (χ2v) is 36.9. The molecule has 0 saturated heterocycles. The Labute approximate surface area is 293 Å². The first kappa shape index (κ1) is 43.0. The van der Waals surface area contributed by atoms with Crippen molar-refractivity contribution in [3.8, 4) is 0 Å². The summed E-state index contributed by atoms with van der Waals surface area (Å²) in [6, 6.07) is -1.17. The topological polar surface area (TPSA) is 90.0 Å². The summed E-state index contributed by atoms with van der Waals surface area (Å²) in [4.78, 5) is 54.5. The second kappa shape index (κ2) is 23.4. The van der Waals surface area contributed by atoms with Gasteiger partial charge >= 0.3 is 295 Å². The van der Waals surface area contributed by atoms with Gasteiger partial charge in [-0.2, -0.15) is 0 Å². The van der Waals surface area contributed by atoms with Crippen LogP contribution in [0.5, 0.6) is 0 Å². The van der Waals surface area contributed by atoms with Gasteiger partial charge in [0.25, 0.3) is 0 Å². The fraction of sp³-hybridized carbons (Fsp3) is 0.824. The van der Waals surface area contributed by atoms with E-state index < -0.39 is 61.4 Å². The zero-order chi connectivity index (χ0) is 33.9. The summed E-state index contributed by atoms with van der Waals surface area (Å²) >= 11 is 5.60. The summed E-state index contributed by atoms with van der Waals surface area (Å²) in [6.07, 6.45) is 13.1. The van der Waals surface area contributed by atoms with E-state index in [1.165, 1.54) is 0 Å². The summed E-state index contributed by atoms with van der Waals surface area (Å²) in [5.74, 6) is -2.30. The quantitative estimate of drug-likeness (QED) is 0.0635. The van der Waals surface area contributed by atoms with Gasteiger partial charge in [0.2, 0.25) is 0 Å². The molecule has 0 spiro atoms. The fourth-order valence-electron chi connectivity index (χ4n) is 6.19. The van der Waals surface area contributed by atoms with E-state index >= 15 is 0 Å². The molecule has 0 aromatic rings. The maximum absolute atomic E-state index is 14.1. The number of carbonyl (C=O) groups is 4. The normalized spacial score (nSPS) is 14.8. The molecule has 0 bridgehead atoms. The van der Waals surface area contributed by atoms with Crippen LogP contribution < -0.4 is 0 Å². The number of rotatable bonds is 26. The SMILES string of the molecule is CCC[CH2][Sn]([CH2]CCC)([CH2]CCC)[O]C(=O)CCC[C@@H](C(=O)[O][Sn]([CH2]CCC)([CH2]CCC)[CH2]CCC)N1C(=O)C(Cl)=C(Cl)C1=O. The van der Waals surface area contributed by atoms with Crippen molar-refractivity contribution in [2.75, 3.05) is 0 Å². The number of unbranched alkanes of at least 4 members (excludes halogenated alkanes) is 6. The number of imide groups is 1. The number of amides is 2. The van der Waals surface area contributed by atoms with Gasteiger partial charge in [0.1, 0.15) is 0 Å². The molecule has 0 N–H and O–H groups in total. The zero-order valence-electron chi connectivity index (χ0n) is 29.1. The second-order valence-electron chi connectivity index (χ2n) is 12.9. The predicted octanol–water partition coefficient (Wildman–Crippen LogP) is 10.4. The summed E-state index contributed by atoms with van der Waals surface area (Å²) in [6.45, 7) is 13.0. The van der Waals surface area contributed by atoms with Gasteiger partial charge in [-0.25, -0.2) is 0 Å². The molecule has 1 aliphatic rings. The molecule has 0 fully saturated rings. The first-order chi connectivity index (χ1) is 21.5. The van der Waals surface area contributed by atoms with Crippen molar-refractivity contribution in [1.82, 2.24) is 4.90 Å². The van der Waals surface area contributed by atoms with E-state index in [1.807, 2.05) is 0 Å². The Morgan fingerprint density at radius 3 is 1.27 bits per heavy atom. The standard InChI is InChI=1S/C10H9Cl2NO6.6C4H9.2Sn/c11-6-7(12)9(17)13(8(6)16)4(10(18)19)2-1-3-5(14)15;6*1-3-4-2;;/h4H,1-3H2,(H,14,15)(H,18,19);6*1,3-4H2,2H3;;/q;;;;;;;2*+1/p-2/t4-;;;;;;;;/m0......../s1. The van der Waals surface area contributed by atoms with Crippen LogP contribution in [0.1, 0.15) is 138 Å². The van der Waals surface area contributed by atoms with Crippen molar-refractivity contribution in [3.05, 3.63) is 10.1 Å². The summed E-state index contributed by atoms with van der Waals surface area (Å²) < 4.78 is 19.0. The molecule has 1 rings (SSSR count). The first-order valence-electron chi connectivity index (χ1n) is 17.9. The Balaban J connectivity index is 3.25. The van der Waals surface area contributed by atoms with Gasteiger partial charge in [0.05, 0.1) is 0 Å². The van der Waals surface area contributed by atoms with Crippen molar-refractivity contribution in [2.24, 2.45) is 0 Å². The van der Waals surface area contributed by atoms with Crippen LogP contribution in [0.4, 0.5) is 0 Å². The van der Waals surface area contributed by atoms with E-state index in [0.717, 1.165) is 109 Å². The molecule has 0 saturated carbocycles. The maximum atomic E-state index is 14.1. The van der Waals surface area contributed by atoms with E-state index in [0.29, 0.717) is 6.42 Å². The molecule has 2 amide bonds. The van der Waals surface area contributed by atoms with Crippen LogP contribution in [0, 0.1) is 0 Å². The van der Waals surface area contributed by atoms with Gasteiger partial charge in [-0.05, 0) is 0 Å². The molecule has 7 nitrogen and oxygen atoms in total. The Morgan fingerprint density at radius 1 is 0.600 bits per heavy atom. The third kappa shape index (κ3) is 14.2. The van der Waals surface area contributed by atoms with Gasteiger partial charge in [-0.1, -0.05) is 0 Å². The third-order valence-corrected chi connectivity index (χ3v) is 35.2. The van der Waals surface area contributed by atoms with E-state index in [-0.39, 0.29) is 28.9 Å². The molecule has 0 unspecified atom stereocenters. The van der Waals surface area contributed by atoms with E-state index in [2.05, 4.69) is 41.5 Å². The van der Waals surface area contributed by atoms with E-state index in [9.17, 15) is 19.2 Å². The predicted molar refractivity (Wildman–Crippen MR) is 190 cm³/mol. The number of halogens is 2. The Morgan fingerprint density at radius 2 is 0.933 bits per heavy atom. The van der Waals surface area contributed by atoms with Gasteiger partial charge in [-0.3, -0.25) is 0 Å². The molecule has 260 valence electrons. The van der Waals surface area contributed by atoms with Crippen LogP contribution in [0.15, 0.2) is 10.1 Å². The Kier molecular flexibility index (Phi) is 22.3. The average molecular weight is 888 g/mol. The van der Waals surface area contributed by atoms with E-state index in [1.54, 1.807) is 0 Å². The minimum atomic E-state index is -3.45. The molecule has 0 radical (unpaired) electrons. The molecule has 0 aliphatic carbocycles. The minimum absolute atomic E-state index is 0.110. The fourth-order valence-corrected chi connectivity index (χ4v) is 32.9. The molecule has 45 heavy (non-hydrogen) atoms. The number of carbonyl (C=O) groups excluding carboxylic acids is 4. The molecule has 0 aromatic heterocycles. The average Bonchev–Trinajstić information content (AvgIpc) is 3.22. The third-order valence-electron chi connectivity index (χ3n) is 9.01. The van der Waals surface area contributed by atoms with Crippen molar-refractivity contribution >= 4 is 84.5 Å². The van der Waals surface area contributed by atoms with Crippen molar-refractivity contribution < 1.29 is 25.3 Å². The van der Waals surface area contributed by atoms with Crippen LogP contribution in [0.25, 0.3) is 0 Å². The number of hydrogen-bond acceptors (Lipinski definition) is 6.